The van der Waals surface area contributed by atoms with Crippen LogP contribution in [0.4, 0.5) is 0 Å². The average molecular weight is 154 g/mol. The van der Waals surface area contributed by atoms with E-state index in [4.69, 9.17) is 4.74 Å². The van der Waals surface area contributed by atoms with Gasteiger partial charge in [0.1, 0.15) is 0 Å². The van der Waals surface area contributed by atoms with Crippen molar-refractivity contribution < 1.29 is 9.53 Å². The highest BCUT2D eigenvalue weighted by Gasteiger charge is 2.00. The van der Waals surface area contributed by atoms with Gasteiger partial charge in [-0.3, -0.25) is 4.79 Å². The molecule has 60 valence electrons. The molecule has 1 aromatic rings. The van der Waals surface area contributed by atoms with E-state index in [0.29, 0.717) is 12.5 Å². The molecule has 0 N–H and O–H groups in total. The van der Waals surface area contributed by atoms with Crippen LogP contribution in [0.15, 0.2) is 12.3 Å². The minimum absolute atomic E-state index is 0.115. The molecular formula is C7H10N2O2. The van der Waals surface area contributed by atoms with Gasteiger partial charge in [-0.2, -0.15) is 0 Å². The Hall–Kier alpha value is -1.32. The Balaban J connectivity index is 2.73. The number of carbonyl (C=O) groups excluding carboxylic acids is 1. The summed E-state index contributed by atoms with van der Waals surface area (Å²) < 4.78 is 6.29. The van der Waals surface area contributed by atoms with Gasteiger partial charge in [-0.25, -0.2) is 4.68 Å². The Kier molecular flexibility index (Phi) is 2.25. The molecule has 0 unspecified atom stereocenters. The van der Waals surface area contributed by atoms with Gasteiger partial charge in [-0.15, -0.1) is 5.10 Å². The quantitative estimate of drug-likeness (QED) is 0.636. The molecule has 0 aromatic carbocycles. The van der Waals surface area contributed by atoms with Gasteiger partial charge in [-0.05, 0) is 6.92 Å². The molecule has 0 amide bonds. The number of hydrogen-bond donors (Lipinski definition) is 0. The molecule has 0 saturated carbocycles. The Bertz CT molecular complexity index is 255. The van der Waals surface area contributed by atoms with Crippen LogP contribution in [0.1, 0.15) is 18.6 Å². The normalized spacial score (nSPS) is 9.64. The summed E-state index contributed by atoms with van der Waals surface area (Å²) in [6.07, 6.45) is 1.58. The summed E-state index contributed by atoms with van der Waals surface area (Å²) in [5.41, 5.74) is 0. The monoisotopic (exact) mass is 154 g/mol. The molecule has 0 saturated heterocycles. The predicted octanol–water partition coefficient (Wildman–Crippen LogP) is 0.942. The van der Waals surface area contributed by atoms with Gasteiger partial charge in [0.15, 0.2) is 0 Å². The number of carbonyl (C=O) groups is 1. The SMILES string of the molecule is CCOc1ccn(C(C)=O)n1. The first-order chi connectivity index (χ1) is 5.24. The van der Waals surface area contributed by atoms with Crippen LogP contribution in [-0.4, -0.2) is 22.3 Å². The summed E-state index contributed by atoms with van der Waals surface area (Å²) in [7, 11) is 0. The number of aromatic nitrogens is 2. The molecule has 0 fully saturated rings. The molecule has 0 spiro atoms. The molecule has 1 rings (SSSR count). The van der Waals surface area contributed by atoms with Crippen molar-refractivity contribution >= 4 is 5.91 Å². The van der Waals surface area contributed by atoms with Crippen molar-refractivity contribution in [2.75, 3.05) is 6.61 Å². The molecular weight excluding hydrogens is 144 g/mol. The molecule has 11 heavy (non-hydrogen) atoms. The molecule has 0 bridgehead atoms. The molecule has 0 aliphatic heterocycles. The van der Waals surface area contributed by atoms with E-state index in [-0.39, 0.29) is 5.91 Å². The Labute approximate surface area is 64.8 Å². The van der Waals surface area contributed by atoms with Crippen molar-refractivity contribution in [2.24, 2.45) is 0 Å². The first kappa shape index (κ1) is 7.78. The van der Waals surface area contributed by atoms with E-state index in [9.17, 15) is 4.79 Å². The van der Waals surface area contributed by atoms with Crippen LogP contribution in [0.25, 0.3) is 0 Å². The third-order valence-electron chi connectivity index (χ3n) is 1.18. The second-order valence-electron chi connectivity index (χ2n) is 2.05. The van der Waals surface area contributed by atoms with Crippen molar-refractivity contribution in [3.05, 3.63) is 12.3 Å². The smallest absolute Gasteiger partial charge is 0.243 e. The van der Waals surface area contributed by atoms with E-state index in [1.165, 1.54) is 11.6 Å². The summed E-state index contributed by atoms with van der Waals surface area (Å²) in [4.78, 5) is 10.7. The first-order valence-electron chi connectivity index (χ1n) is 3.43. The van der Waals surface area contributed by atoms with E-state index < -0.39 is 0 Å². The lowest BCUT2D eigenvalue weighted by molar-refractivity contribution is 0.0919. The standard InChI is InChI=1S/C7H10N2O2/c1-3-11-7-4-5-9(8-7)6(2)10/h4-5H,3H2,1-2H3. The summed E-state index contributed by atoms with van der Waals surface area (Å²) in [6, 6.07) is 1.66. The van der Waals surface area contributed by atoms with E-state index in [0.717, 1.165) is 0 Å². The summed E-state index contributed by atoms with van der Waals surface area (Å²) >= 11 is 0. The fourth-order valence-electron chi connectivity index (χ4n) is 0.707. The van der Waals surface area contributed by atoms with Crippen LogP contribution in [-0.2, 0) is 0 Å². The lowest BCUT2D eigenvalue weighted by Gasteiger charge is -1.94. The third kappa shape index (κ3) is 1.80. The van der Waals surface area contributed by atoms with E-state index >= 15 is 0 Å². The summed E-state index contributed by atoms with van der Waals surface area (Å²) in [6.45, 7) is 3.88. The number of hydrogen-bond acceptors (Lipinski definition) is 3. The minimum Gasteiger partial charge on any atom is -0.477 e. The van der Waals surface area contributed by atoms with E-state index in [1.807, 2.05) is 6.92 Å². The van der Waals surface area contributed by atoms with Gasteiger partial charge in [0.2, 0.25) is 11.8 Å². The molecule has 0 aliphatic carbocycles. The predicted molar refractivity (Wildman–Crippen MR) is 39.7 cm³/mol. The molecule has 4 nitrogen and oxygen atoms in total. The van der Waals surface area contributed by atoms with Gasteiger partial charge >= 0.3 is 0 Å². The second kappa shape index (κ2) is 3.18. The van der Waals surface area contributed by atoms with Crippen LogP contribution in [0.3, 0.4) is 0 Å². The molecule has 1 heterocycles. The van der Waals surface area contributed by atoms with Crippen molar-refractivity contribution in [3.8, 4) is 5.88 Å². The van der Waals surface area contributed by atoms with Gasteiger partial charge in [0.05, 0.1) is 6.61 Å². The van der Waals surface area contributed by atoms with Crippen molar-refractivity contribution in [3.63, 3.8) is 0 Å². The van der Waals surface area contributed by atoms with Gasteiger partial charge in [0, 0.05) is 19.2 Å². The molecule has 0 atom stereocenters. The van der Waals surface area contributed by atoms with Gasteiger partial charge < -0.3 is 4.74 Å². The summed E-state index contributed by atoms with van der Waals surface area (Å²) in [5.74, 6) is 0.374. The van der Waals surface area contributed by atoms with Crippen molar-refractivity contribution in [1.82, 2.24) is 9.78 Å². The van der Waals surface area contributed by atoms with Crippen molar-refractivity contribution in [1.29, 1.82) is 0 Å². The Morgan fingerprint density at radius 2 is 2.55 bits per heavy atom. The molecule has 0 aliphatic rings. The lowest BCUT2D eigenvalue weighted by Crippen LogP contribution is -2.06. The molecule has 4 heteroatoms. The van der Waals surface area contributed by atoms with Crippen LogP contribution in [0.2, 0.25) is 0 Å². The maximum Gasteiger partial charge on any atom is 0.243 e. The topological polar surface area (TPSA) is 44.1 Å². The molecule has 0 radical (unpaired) electrons. The van der Waals surface area contributed by atoms with Gasteiger partial charge in [-0.1, -0.05) is 0 Å². The maximum absolute atomic E-state index is 10.7. The fraction of sp³-hybridized carbons (Fsp3) is 0.429. The highest BCUT2D eigenvalue weighted by Crippen LogP contribution is 2.04. The highest BCUT2D eigenvalue weighted by molar-refractivity contribution is 5.75. The largest absolute Gasteiger partial charge is 0.477 e. The zero-order valence-corrected chi connectivity index (χ0v) is 6.57. The number of nitrogens with zero attached hydrogens (tertiary/aromatic N) is 2. The number of ether oxygens (including phenoxy) is 1. The van der Waals surface area contributed by atoms with Crippen LogP contribution in [0.5, 0.6) is 5.88 Å². The second-order valence-corrected chi connectivity index (χ2v) is 2.05. The van der Waals surface area contributed by atoms with E-state index in [1.54, 1.807) is 12.3 Å². The van der Waals surface area contributed by atoms with Gasteiger partial charge in [0.25, 0.3) is 0 Å². The Morgan fingerprint density at radius 3 is 3.00 bits per heavy atom. The number of rotatable bonds is 2. The van der Waals surface area contributed by atoms with E-state index in [2.05, 4.69) is 5.10 Å². The average Bonchev–Trinajstić information content (AvgIpc) is 2.37. The van der Waals surface area contributed by atoms with Crippen LogP contribution < -0.4 is 4.74 Å². The highest BCUT2D eigenvalue weighted by atomic mass is 16.5. The zero-order valence-electron chi connectivity index (χ0n) is 6.57. The summed E-state index contributed by atoms with van der Waals surface area (Å²) in [5, 5.41) is 3.84. The lowest BCUT2D eigenvalue weighted by atomic mass is 10.7. The first-order valence-corrected chi connectivity index (χ1v) is 3.43. The fourth-order valence-corrected chi connectivity index (χ4v) is 0.707. The van der Waals surface area contributed by atoms with Crippen LogP contribution in [0, 0.1) is 0 Å². The maximum atomic E-state index is 10.7. The van der Waals surface area contributed by atoms with Crippen molar-refractivity contribution in [2.45, 2.75) is 13.8 Å². The Morgan fingerprint density at radius 1 is 1.82 bits per heavy atom. The molecule has 1 aromatic heterocycles. The third-order valence-corrected chi connectivity index (χ3v) is 1.18. The minimum atomic E-state index is -0.115. The zero-order chi connectivity index (χ0) is 8.27. The van der Waals surface area contributed by atoms with Crippen LogP contribution >= 0.6 is 0 Å².